The Morgan fingerprint density at radius 2 is 2.00 bits per heavy atom. The van der Waals surface area contributed by atoms with Gasteiger partial charge < -0.3 is 9.90 Å². The molecule has 1 fully saturated rings. The van der Waals surface area contributed by atoms with Gasteiger partial charge >= 0.3 is 0 Å². The highest BCUT2D eigenvalue weighted by Crippen LogP contribution is 2.33. The Labute approximate surface area is 126 Å². The molecule has 1 aromatic carbocycles. The largest absolute Gasteiger partial charge is 0.550 e. The van der Waals surface area contributed by atoms with Gasteiger partial charge in [-0.05, 0) is 26.0 Å². The topological polar surface area (TPSA) is 85.2 Å². The minimum Gasteiger partial charge on any atom is -0.550 e. The zero-order valence-electron chi connectivity index (χ0n) is 11.6. The molecule has 1 atom stereocenters. The summed E-state index contributed by atoms with van der Waals surface area (Å²) in [7, 11) is 0. The van der Waals surface area contributed by atoms with Gasteiger partial charge in [0, 0.05) is 18.1 Å². The first-order valence-corrected chi connectivity index (χ1v) is 7.21. The number of carbonyl (C=O) groups excluding carboxylic acids is 2. The maximum absolute atomic E-state index is 12.4. The number of aliphatic carboxylic acids is 1. The number of hydrogen-bond acceptors (Lipinski definition) is 6. The quantitative estimate of drug-likeness (QED) is 0.614. The van der Waals surface area contributed by atoms with E-state index in [1.807, 2.05) is 6.07 Å². The lowest BCUT2D eigenvalue weighted by Gasteiger charge is -2.15. The van der Waals surface area contributed by atoms with E-state index in [4.69, 9.17) is 0 Å². The Balaban J connectivity index is 2.37. The van der Waals surface area contributed by atoms with Crippen molar-refractivity contribution >= 4 is 40.2 Å². The second kappa shape index (κ2) is 6.53. The van der Waals surface area contributed by atoms with E-state index in [2.05, 4.69) is 10.2 Å². The van der Waals surface area contributed by atoms with Crippen molar-refractivity contribution in [1.82, 2.24) is 0 Å². The third kappa shape index (κ3) is 3.69. The number of rotatable bonds is 4. The van der Waals surface area contributed by atoms with Crippen molar-refractivity contribution in [3.05, 3.63) is 30.3 Å². The van der Waals surface area contributed by atoms with Crippen LogP contribution < -0.4 is 10.0 Å². The fourth-order valence-electron chi connectivity index (χ4n) is 1.77. The highest BCUT2D eigenvalue weighted by Gasteiger charge is 2.39. The fraction of sp³-hybridized carbons (Fsp3) is 0.286. The summed E-state index contributed by atoms with van der Waals surface area (Å²) in [6, 6.07) is 8.95. The Morgan fingerprint density at radius 3 is 2.57 bits per heavy atom. The summed E-state index contributed by atoms with van der Waals surface area (Å²) < 4.78 is 0. The molecule has 6 nitrogen and oxygen atoms in total. The molecule has 1 aromatic rings. The van der Waals surface area contributed by atoms with Crippen LogP contribution in [0.15, 0.2) is 40.5 Å². The first kappa shape index (κ1) is 15.2. The van der Waals surface area contributed by atoms with Gasteiger partial charge in [-0.25, -0.2) is 0 Å². The van der Waals surface area contributed by atoms with Crippen LogP contribution in [0.2, 0.25) is 0 Å². The highest BCUT2D eigenvalue weighted by atomic mass is 32.2. The lowest BCUT2D eigenvalue weighted by molar-refractivity contribution is -0.305. The predicted octanol–water partition coefficient (Wildman–Crippen LogP) is 1.03. The molecule has 2 rings (SSSR count). The average Bonchev–Trinajstić information content (AvgIpc) is 2.73. The van der Waals surface area contributed by atoms with Gasteiger partial charge in [0.05, 0.1) is 10.9 Å². The van der Waals surface area contributed by atoms with Gasteiger partial charge in [-0.1, -0.05) is 30.0 Å². The van der Waals surface area contributed by atoms with E-state index in [-0.39, 0.29) is 12.3 Å². The van der Waals surface area contributed by atoms with Gasteiger partial charge in [-0.2, -0.15) is 5.10 Å². The van der Waals surface area contributed by atoms with Crippen LogP contribution in [0.5, 0.6) is 0 Å². The van der Waals surface area contributed by atoms with E-state index in [9.17, 15) is 14.7 Å². The number of para-hydroxylation sites is 1. The molecule has 0 spiro atoms. The first-order chi connectivity index (χ1) is 9.99. The van der Waals surface area contributed by atoms with E-state index >= 15 is 0 Å². The number of nitrogens with zero attached hydrogens (tertiary/aromatic N) is 3. The number of benzene rings is 1. The molecule has 0 radical (unpaired) electrons. The van der Waals surface area contributed by atoms with E-state index in [0.717, 1.165) is 17.5 Å². The van der Waals surface area contributed by atoms with Gasteiger partial charge in [-0.15, -0.1) is 5.10 Å². The van der Waals surface area contributed by atoms with Crippen LogP contribution in [0, 0.1) is 0 Å². The molecule has 0 saturated carbocycles. The van der Waals surface area contributed by atoms with Crippen molar-refractivity contribution in [1.29, 1.82) is 0 Å². The van der Waals surface area contributed by atoms with E-state index in [1.165, 1.54) is 4.90 Å². The van der Waals surface area contributed by atoms with Crippen LogP contribution in [-0.2, 0) is 9.59 Å². The molecule has 1 heterocycles. The Kier molecular flexibility index (Phi) is 4.74. The van der Waals surface area contributed by atoms with Crippen LogP contribution in [-0.4, -0.2) is 28.0 Å². The minimum absolute atomic E-state index is 0.321. The van der Waals surface area contributed by atoms with Crippen LogP contribution in [0.1, 0.15) is 20.3 Å². The Morgan fingerprint density at radius 1 is 1.33 bits per heavy atom. The zero-order chi connectivity index (χ0) is 15.4. The van der Waals surface area contributed by atoms with Gasteiger partial charge in [0.1, 0.15) is 0 Å². The summed E-state index contributed by atoms with van der Waals surface area (Å²) >= 11 is 1.09. The Bertz CT molecular complexity index is 609. The SMILES string of the molecule is CC(C)=N/N=C1\S[C@@H](CC(=O)[O-])C(=O)N1c1ccccc1. The standard InChI is InChI=1S/C14H15N3O3S/c1-9(2)15-16-14-17(10-6-4-3-5-7-10)13(20)11(21-14)8-12(18)19/h3-7,11H,8H2,1-2H3,(H,18,19)/p-1/b16-14-/t11-/m0/s1. The smallest absolute Gasteiger partial charge is 0.247 e. The second-order valence-electron chi connectivity index (χ2n) is 4.62. The molecule has 7 heteroatoms. The van der Waals surface area contributed by atoms with Crippen LogP contribution in [0.3, 0.4) is 0 Å². The highest BCUT2D eigenvalue weighted by molar-refractivity contribution is 8.16. The monoisotopic (exact) mass is 304 g/mol. The number of carbonyl (C=O) groups is 2. The average molecular weight is 304 g/mol. The molecular formula is C14H14N3O3S-. The molecular weight excluding hydrogens is 290 g/mol. The summed E-state index contributed by atoms with van der Waals surface area (Å²) in [5.41, 5.74) is 1.38. The number of amides is 1. The number of carboxylic acids is 1. The third-order valence-corrected chi connectivity index (χ3v) is 3.76. The molecule has 1 aliphatic rings. The van der Waals surface area contributed by atoms with Crippen molar-refractivity contribution in [2.45, 2.75) is 25.5 Å². The predicted molar refractivity (Wildman–Crippen MR) is 81.1 cm³/mol. The summed E-state index contributed by atoms with van der Waals surface area (Å²) in [6.45, 7) is 3.58. The summed E-state index contributed by atoms with van der Waals surface area (Å²) in [6.07, 6.45) is -0.347. The number of amidine groups is 1. The molecule has 1 aliphatic heterocycles. The Hall–Kier alpha value is -2.15. The molecule has 1 saturated heterocycles. The maximum atomic E-state index is 12.4. The van der Waals surface area contributed by atoms with E-state index < -0.39 is 11.2 Å². The molecule has 0 unspecified atom stereocenters. The molecule has 110 valence electrons. The number of anilines is 1. The summed E-state index contributed by atoms with van der Waals surface area (Å²) in [4.78, 5) is 24.5. The van der Waals surface area contributed by atoms with Crippen molar-refractivity contribution in [2.75, 3.05) is 4.90 Å². The van der Waals surface area contributed by atoms with E-state index in [0.29, 0.717) is 10.9 Å². The maximum Gasteiger partial charge on any atom is 0.247 e. The molecule has 0 N–H and O–H groups in total. The lowest BCUT2D eigenvalue weighted by Crippen LogP contribution is -2.35. The number of thioether (sulfide) groups is 1. The molecule has 0 aliphatic carbocycles. The van der Waals surface area contributed by atoms with Gasteiger partial charge in [0.2, 0.25) is 5.91 Å². The van der Waals surface area contributed by atoms with Crippen molar-refractivity contribution in [3.63, 3.8) is 0 Å². The zero-order valence-corrected chi connectivity index (χ0v) is 12.5. The van der Waals surface area contributed by atoms with Crippen LogP contribution >= 0.6 is 11.8 Å². The normalized spacial score (nSPS) is 19.9. The van der Waals surface area contributed by atoms with Crippen molar-refractivity contribution < 1.29 is 14.7 Å². The van der Waals surface area contributed by atoms with Gasteiger partial charge in [0.25, 0.3) is 0 Å². The molecule has 0 bridgehead atoms. The fourth-order valence-corrected chi connectivity index (χ4v) is 2.84. The van der Waals surface area contributed by atoms with Crippen molar-refractivity contribution in [2.24, 2.45) is 10.2 Å². The van der Waals surface area contributed by atoms with E-state index in [1.54, 1.807) is 38.1 Å². The molecule has 21 heavy (non-hydrogen) atoms. The van der Waals surface area contributed by atoms with Crippen molar-refractivity contribution in [3.8, 4) is 0 Å². The first-order valence-electron chi connectivity index (χ1n) is 6.33. The summed E-state index contributed by atoms with van der Waals surface area (Å²) in [5.74, 6) is -1.58. The molecule has 1 amide bonds. The number of carboxylic acid groups (broad SMARTS) is 1. The summed E-state index contributed by atoms with van der Waals surface area (Å²) in [5, 5.41) is 18.4. The molecule has 0 aromatic heterocycles. The second-order valence-corrected chi connectivity index (χ2v) is 5.79. The van der Waals surface area contributed by atoms with Gasteiger partial charge in [0.15, 0.2) is 5.17 Å². The van der Waals surface area contributed by atoms with Crippen LogP contribution in [0.25, 0.3) is 0 Å². The number of hydrogen-bond donors (Lipinski definition) is 0. The third-order valence-electron chi connectivity index (χ3n) is 2.64. The van der Waals surface area contributed by atoms with Crippen LogP contribution in [0.4, 0.5) is 5.69 Å². The minimum atomic E-state index is -1.26. The lowest BCUT2D eigenvalue weighted by atomic mass is 10.2. The van der Waals surface area contributed by atoms with Gasteiger partial charge in [-0.3, -0.25) is 9.69 Å².